The first kappa shape index (κ1) is 13.8. The molecule has 0 aliphatic carbocycles. The number of carbonyl (C=O) groups is 1. The first-order valence-electron chi connectivity index (χ1n) is 6.81. The summed E-state index contributed by atoms with van der Waals surface area (Å²) in [4.78, 5) is 15.8. The number of likely N-dealkylation sites (N-methyl/N-ethyl adjacent to an activating group) is 1. The summed E-state index contributed by atoms with van der Waals surface area (Å²) in [6.07, 6.45) is 2.97. The van der Waals surface area contributed by atoms with E-state index in [9.17, 15) is 9.90 Å². The zero-order valence-electron chi connectivity index (χ0n) is 11.4. The topological polar surface area (TPSA) is 53.0 Å². The van der Waals surface area contributed by atoms with Crippen molar-refractivity contribution in [1.29, 1.82) is 0 Å². The molecule has 2 saturated heterocycles. The van der Waals surface area contributed by atoms with Gasteiger partial charge < -0.3 is 14.7 Å². The number of carboxylic acids is 1. The predicted molar refractivity (Wildman–Crippen MR) is 68.7 cm³/mol. The maximum atomic E-state index is 11.5. The van der Waals surface area contributed by atoms with Gasteiger partial charge in [0.1, 0.15) is 5.54 Å². The molecular formula is C13H24N2O3. The number of aliphatic carboxylic acids is 1. The standard InChI is InChI=1S/C13H24N2O3/c1-13(12(16)17)5-3-4-6-15(13)10-11-9-14(2)7-8-18-11/h11H,3-10H2,1-2H3,(H,16,17). The van der Waals surface area contributed by atoms with Gasteiger partial charge in [0, 0.05) is 19.6 Å². The Morgan fingerprint density at radius 3 is 2.89 bits per heavy atom. The quantitative estimate of drug-likeness (QED) is 0.803. The largest absolute Gasteiger partial charge is 0.480 e. The lowest BCUT2D eigenvalue weighted by Crippen LogP contribution is -2.58. The summed E-state index contributed by atoms with van der Waals surface area (Å²) in [6, 6.07) is 0. The Hall–Kier alpha value is -0.650. The lowest BCUT2D eigenvalue weighted by Gasteiger charge is -2.44. The van der Waals surface area contributed by atoms with Crippen molar-refractivity contribution >= 4 is 5.97 Å². The second kappa shape index (κ2) is 5.55. The molecule has 104 valence electrons. The van der Waals surface area contributed by atoms with E-state index in [1.807, 2.05) is 6.92 Å². The molecule has 0 bridgehead atoms. The Kier molecular flexibility index (Phi) is 4.25. The molecule has 0 aromatic heterocycles. The van der Waals surface area contributed by atoms with Crippen molar-refractivity contribution in [2.24, 2.45) is 0 Å². The monoisotopic (exact) mass is 256 g/mol. The molecule has 2 rings (SSSR count). The molecule has 1 N–H and O–H groups in total. The van der Waals surface area contributed by atoms with Crippen molar-refractivity contribution in [1.82, 2.24) is 9.80 Å². The Balaban J connectivity index is 1.99. The molecule has 0 amide bonds. The summed E-state index contributed by atoms with van der Waals surface area (Å²) in [5, 5.41) is 9.46. The molecule has 5 nitrogen and oxygen atoms in total. The Bertz CT molecular complexity index is 311. The van der Waals surface area contributed by atoms with Crippen LogP contribution < -0.4 is 0 Å². The van der Waals surface area contributed by atoms with E-state index < -0.39 is 11.5 Å². The fourth-order valence-electron chi connectivity index (χ4n) is 2.93. The van der Waals surface area contributed by atoms with Gasteiger partial charge in [0.05, 0.1) is 12.7 Å². The maximum absolute atomic E-state index is 11.5. The summed E-state index contributed by atoms with van der Waals surface area (Å²) >= 11 is 0. The second-order valence-corrected chi connectivity index (χ2v) is 5.74. The van der Waals surface area contributed by atoms with Crippen molar-refractivity contribution < 1.29 is 14.6 Å². The molecule has 2 heterocycles. The Morgan fingerprint density at radius 2 is 2.22 bits per heavy atom. The van der Waals surface area contributed by atoms with Gasteiger partial charge in [-0.2, -0.15) is 0 Å². The van der Waals surface area contributed by atoms with E-state index in [-0.39, 0.29) is 6.10 Å². The average molecular weight is 256 g/mol. The predicted octanol–water partition coefficient (Wildman–Crippen LogP) is 0.646. The first-order chi connectivity index (χ1) is 8.52. The fourth-order valence-corrected chi connectivity index (χ4v) is 2.93. The highest BCUT2D eigenvalue weighted by Gasteiger charge is 2.42. The van der Waals surface area contributed by atoms with Crippen LogP contribution in [0.1, 0.15) is 26.2 Å². The zero-order chi connectivity index (χ0) is 13.2. The van der Waals surface area contributed by atoms with E-state index in [1.165, 1.54) is 0 Å². The minimum Gasteiger partial charge on any atom is -0.480 e. The summed E-state index contributed by atoms with van der Waals surface area (Å²) in [7, 11) is 2.09. The molecule has 0 radical (unpaired) electrons. The number of rotatable bonds is 3. The molecule has 2 aliphatic rings. The maximum Gasteiger partial charge on any atom is 0.323 e. The molecule has 2 unspecified atom stereocenters. The summed E-state index contributed by atoms with van der Waals surface area (Å²) in [5.41, 5.74) is -0.711. The summed E-state index contributed by atoms with van der Waals surface area (Å²) in [6.45, 7) is 6.05. The molecule has 0 saturated carbocycles. The van der Waals surface area contributed by atoms with Crippen molar-refractivity contribution in [3.05, 3.63) is 0 Å². The highest BCUT2D eigenvalue weighted by molar-refractivity contribution is 5.78. The third kappa shape index (κ3) is 2.84. The van der Waals surface area contributed by atoms with Crippen LogP contribution in [0.15, 0.2) is 0 Å². The number of carboxylic acid groups (broad SMARTS) is 1. The fraction of sp³-hybridized carbons (Fsp3) is 0.923. The van der Waals surface area contributed by atoms with Crippen LogP contribution in [-0.4, -0.2) is 72.4 Å². The van der Waals surface area contributed by atoms with Gasteiger partial charge in [-0.3, -0.25) is 9.69 Å². The van der Waals surface area contributed by atoms with Crippen LogP contribution in [-0.2, 0) is 9.53 Å². The third-order valence-corrected chi connectivity index (χ3v) is 4.27. The lowest BCUT2D eigenvalue weighted by molar-refractivity contribution is -0.155. The third-order valence-electron chi connectivity index (χ3n) is 4.27. The van der Waals surface area contributed by atoms with E-state index in [0.717, 1.165) is 52.0 Å². The van der Waals surface area contributed by atoms with Crippen LogP contribution >= 0.6 is 0 Å². The molecule has 0 aromatic carbocycles. The van der Waals surface area contributed by atoms with Crippen LogP contribution in [0.5, 0.6) is 0 Å². The minimum absolute atomic E-state index is 0.139. The van der Waals surface area contributed by atoms with Gasteiger partial charge in [0.25, 0.3) is 0 Å². The summed E-state index contributed by atoms with van der Waals surface area (Å²) in [5.74, 6) is -0.702. The van der Waals surface area contributed by atoms with Gasteiger partial charge in [0.2, 0.25) is 0 Å². The highest BCUT2D eigenvalue weighted by Crippen LogP contribution is 2.28. The summed E-state index contributed by atoms with van der Waals surface area (Å²) < 4.78 is 5.75. The number of piperidine rings is 1. The van der Waals surface area contributed by atoms with Gasteiger partial charge in [-0.05, 0) is 39.8 Å². The zero-order valence-corrected chi connectivity index (χ0v) is 11.4. The highest BCUT2D eigenvalue weighted by atomic mass is 16.5. The molecule has 2 atom stereocenters. The van der Waals surface area contributed by atoms with Crippen LogP contribution in [0.3, 0.4) is 0 Å². The molecule has 0 aromatic rings. The smallest absolute Gasteiger partial charge is 0.323 e. The molecule has 18 heavy (non-hydrogen) atoms. The van der Waals surface area contributed by atoms with E-state index in [2.05, 4.69) is 16.8 Å². The van der Waals surface area contributed by atoms with Gasteiger partial charge in [0.15, 0.2) is 0 Å². The lowest BCUT2D eigenvalue weighted by atomic mass is 9.88. The molecule has 0 spiro atoms. The van der Waals surface area contributed by atoms with Crippen LogP contribution in [0, 0.1) is 0 Å². The molecule has 2 aliphatic heterocycles. The molecule has 5 heteroatoms. The van der Waals surface area contributed by atoms with Crippen molar-refractivity contribution in [3.8, 4) is 0 Å². The number of ether oxygens (including phenoxy) is 1. The van der Waals surface area contributed by atoms with Crippen LogP contribution in [0.25, 0.3) is 0 Å². The van der Waals surface area contributed by atoms with Crippen molar-refractivity contribution in [3.63, 3.8) is 0 Å². The van der Waals surface area contributed by atoms with Crippen molar-refractivity contribution in [2.75, 3.05) is 39.8 Å². The number of likely N-dealkylation sites (tertiary alicyclic amines) is 1. The van der Waals surface area contributed by atoms with Crippen LogP contribution in [0.4, 0.5) is 0 Å². The van der Waals surface area contributed by atoms with E-state index in [1.54, 1.807) is 0 Å². The van der Waals surface area contributed by atoms with Gasteiger partial charge >= 0.3 is 5.97 Å². The van der Waals surface area contributed by atoms with E-state index >= 15 is 0 Å². The average Bonchev–Trinajstić information content (AvgIpc) is 2.32. The minimum atomic E-state index is -0.711. The second-order valence-electron chi connectivity index (χ2n) is 5.74. The van der Waals surface area contributed by atoms with Crippen LogP contribution in [0.2, 0.25) is 0 Å². The number of hydrogen-bond donors (Lipinski definition) is 1. The SMILES string of the molecule is CN1CCOC(CN2CCCCC2(C)C(=O)O)C1. The Labute approximate surface area is 109 Å². The number of hydrogen-bond acceptors (Lipinski definition) is 4. The number of morpholine rings is 1. The van der Waals surface area contributed by atoms with Crippen molar-refractivity contribution in [2.45, 2.75) is 37.8 Å². The normalized spacial score (nSPS) is 35.6. The van der Waals surface area contributed by atoms with E-state index in [4.69, 9.17) is 4.74 Å². The Morgan fingerprint density at radius 1 is 1.44 bits per heavy atom. The van der Waals surface area contributed by atoms with E-state index in [0.29, 0.717) is 0 Å². The number of nitrogens with zero attached hydrogens (tertiary/aromatic N) is 2. The van der Waals surface area contributed by atoms with Gasteiger partial charge in [-0.15, -0.1) is 0 Å². The molecular weight excluding hydrogens is 232 g/mol. The first-order valence-corrected chi connectivity index (χ1v) is 6.81. The van der Waals surface area contributed by atoms with Gasteiger partial charge in [-0.1, -0.05) is 0 Å². The molecule has 2 fully saturated rings. The van der Waals surface area contributed by atoms with Gasteiger partial charge in [-0.25, -0.2) is 0 Å².